The molecule has 1 aromatic carbocycles. The summed E-state index contributed by atoms with van der Waals surface area (Å²) in [7, 11) is 0. The van der Waals surface area contributed by atoms with E-state index < -0.39 is 0 Å². The Hall–Kier alpha value is -1.80. The molecule has 0 atom stereocenters. The van der Waals surface area contributed by atoms with Gasteiger partial charge in [-0.05, 0) is 18.6 Å². The number of aromatic nitrogens is 2. The first-order chi connectivity index (χ1) is 8.79. The molecule has 0 saturated heterocycles. The smallest absolute Gasteiger partial charge is 0.227 e. The molecule has 0 aliphatic carbocycles. The van der Waals surface area contributed by atoms with Crippen molar-refractivity contribution in [3.63, 3.8) is 0 Å². The second-order valence-corrected chi connectivity index (χ2v) is 4.83. The lowest BCUT2D eigenvalue weighted by Crippen LogP contribution is -1.87. The van der Waals surface area contributed by atoms with Crippen molar-refractivity contribution in [1.82, 2.24) is 10.1 Å². The van der Waals surface area contributed by atoms with Crippen LogP contribution in [0.5, 0.6) is 0 Å². The molecule has 2 rings (SSSR count). The molecule has 0 spiro atoms. The summed E-state index contributed by atoms with van der Waals surface area (Å²) in [5.41, 5.74) is 1.25. The van der Waals surface area contributed by atoms with Crippen molar-refractivity contribution >= 4 is 11.8 Å². The summed E-state index contributed by atoms with van der Waals surface area (Å²) >= 11 is 1.69. The van der Waals surface area contributed by atoms with Gasteiger partial charge in [-0.15, -0.1) is 11.8 Å². The minimum absolute atomic E-state index is 0.409. The van der Waals surface area contributed by atoms with Crippen molar-refractivity contribution in [1.29, 1.82) is 5.26 Å². The van der Waals surface area contributed by atoms with Crippen LogP contribution in [0.2, 0.25) is 0 Å². The average Bonchev–Trinajstić information content (AvgIpc) is 2.83. The van der Waals surface area contributed by atoms with Crippen LogP contribution < -0.4 is 0 Å². The SMILES string of the molecule is Cc1ccccc1SCc1noc(CCC#N)n1. The monoisotopic (exact) mass is 259 g/mol. The van der Waals surface area contributed by atoms with E-state index in [-0.39, 0.29) is 0 Å². The fourth-order valence-electron chi connectivity index (χ4n) is 1.47. The van der Waals surface area contributed by atoms with Crippen molar-refractivity contribution in [3.8, 4) is 6.07 Å². The molecule has 0 bridgehead atoms. The van der Waals surface area contributed by atoms with Gasteiger partial charge in [0.2, 0.25) is 5.89 Å². The molecular formula is C13H13N3OS. The molecule has 0 N–H and O–H groups in total. The van der Waals surface area contributed by atoms with Gasteiger partial charge >= 0.3 is 0 Å². The summed E-state index contributed by atoms with van der Waals surface area (Å²) in [4.78, 5) is 5.47. The van der Waals surface area contributed by atoms with E-state index >= 15 is 0 Å². The van der Waals surface area contributed by atoms with Gasteiger partial charge < -0.3 is 4.52 Å². The maximum Gasteiger partial charge on any atom is 0.227 e. The van der Waals surface area contributed by atoms with Crippen molar-refractivity contribution < 1.29 is 4.52 Å². The van der Waals surface area contributed by atoms with E-state index in [0.29, 0.717) is 30.3 Å². The third kappa shape index (κ3) is 3.34. The molecule has 18 heavy (non-hydrogen) atoms. The van der Waals surface area contributed by atoms with Crippen molar-refractivity contribution in [2.24, 2.45) is 0 Å². The first-order valence-corrected chi connectivity index (χ1v) is 6.65. The van der Waals surface area contributed by atoms with E-state index in [1.165, 1.54) is 10.5 Å². The molecule has 0 aliphatic heterocycles. The van der Waals surface area contributed by atoms with E-state index in [2.05, 4.69) is 35.3 Å². The van der Waals surface area contributed by atoms with Gasteiger partial charge in [-0.1, -0.05) is 23.4 Å². The third-order valence-corrected chi connectivity index (χ3v) is 3.58. The minimum atomic E-state index is 0.409. The highest BCUT2D eigenvalue weighted by Gasteiger charge is 2.07. The Bertz CT molecular complexity index is 559. The highest BCUT2D eigenvalue weighted by atomic mass is 32.2. The summed E-state index contributed by atoms with van der Waals surface area (Å²) in [6.07, 6.45) is 0.936. The fourth-order valence-corrected chi connectivity index (χ4v) is 2.35. The van der Waals surface area contributed by atoms with Gasteiger partial charge in [-0.25, -0.2) is 0 Å². The van der Waals surface area contributed by atoms with Crippen molar-refractivity contribution in [2.45, 2.75) is 30.4 Å². The summed E-state index contributed by atoms with van der Waals surface area (Å²) < 4.78 is 5.06. The largest absolute Gasteiger partial charge is 0.339 e. The Morgan fingerprint density at radius 2 is 2.22 bits per heavy atom. The van der Waals surface area contributed by atoms with Gasteiger partial charge in [0.05, 0.1) is 11.8 Å². The first-order valence-electron chi connectivity index (χ1n) is 5.66. The summed E-state index contributed by atoms with van der Waals surface area (Å²) in [5.74, 6) is 1.90. The third-order valence-electron chi connectivity index (χ3n) is 2.41. The van der Waals surface area contributed by atoms with Gasteiger partial charge in [0, 0.05) is 17.7 Å². The highest BCUT2D eigenvalue weighted by Crippen LogP contribution is 2.24. The van der Waals surface area contributed by atoms with Gasteiger partial charge in [0.15, 0.2) is 5.82 Å². The zero-order chi connectivity index (χ0) is 12.8. The molecule has 0 fully saturated rings. The lowest BCUT2D eigenvalue weighted by atomic mass is 10.2. The second kappa shape index (κ2) is 6.22. The predicted molar refractivity (Wildman–Crippen MR) is 69.0 cm³/mol. The standard InChI is InChI=1S/C13H13N3OS/c1-10-5-2-3-6-11(10)18-9-12-15-13(17-16-12)7-4-8-14/h2-3,5-6H,4,7,9H2,1H3. The maximum atomic E-state index is 8.47. The van der Waals surface area contributed by atoms with Crippen LogP contribution in [0.15, 0.2) is 33.7 Å². The molecule has 92 valence electrons. The highest BCUT2D eigenvalue weighted by molar-refractivity contribution is 7.98. The lowest BCUT2D eigenvalue weighted by Gasteiger charge is -2.01. The lowest BCUT2D eigenvalue weighted by molar-refractivity contribution is 0.375. The zero-order valence-corrected chi connectivity index (χ0v) is 10.9. The Morgan fingerprint density at radius 3 is 3.00 bits per heavy atom. The minimum Gasteiger partial charge on any atom is -0.339 e. The van der Waals surface area contributed by atoms with Crippen LogP contribution in [0.3, 0.4) is 0 Å². The quantitative estimate of drug-likeness (QED) is 0.772. The van der Waals surface area contributed by atoms with Crippen LogP contribution >= 0.6 is 11.8 Å². The zero-order valence-electron chi connectivity index (χ0n) is 10.1. The van der Waals surface area contributed by atoms with Crippen LogP contribution in [-0.2, 0) is 12.2 Å². The number of hydrogen-bond acceptors (Lipinski definition) is 5. The molecule has 0 aliphatic rings. The predicted octanol–water partition coefficient (Wildman–Crippen LogP) is 3.13. The molecule has 1 aromatic heterocycles. The van der Waals surface area contributed by atoms with Gasteiger partial charge in [0.25, 0.3) is 0 Å². The van der Waals surface area contributed by atoms with Crippen LogP contribution in [0, 0.1) is 18.3 Å². The van der Waals surface area contributed by atoms with Gasteiger partial charge in [-0.3, -0.25) is 0 Å². The molecule has 1 heterocycles. The van der Waals surface area contributed by atoms with Gasteiger partial charge in [0.1, 0.15) is 0 Å². The Morgan fingerprint density at radius 1 is 1.39 bits per heavy atom. The van der Waals surface area contributed by atoms with Crippen LogP contribution in [0.4, 0.5) is 0 Å². The maximum absolute atomic E-state index is 8.47. The number of hydrogen-bond donors (Lipinski definition) is 0. The first kappa shape index (κ1) is 12.7. The number of benzene rings is 1. The van der Waals surface area contributed by atoms with Crippen molar-refractivity contribution in [2.75, 3.05) is 0 Å². The van der Waals surface area contributed by atoms with Crippen molar-refractivity contribution in [3.05, 3.63) is 41.5 Å². The second-order valence-electron chi connectivity index (χ2n) is 3.82. The molecule has 0 amide bonds. The summed E-state index contributed by atoms with van der Waals surface area (Å²) in [6.45, 7) is 2.08. The molecule has 4 nitrogen and oxygen atoms in total. The number of aryl methyl sites for hydroxylation is 2. The number of nitrogens with zero attached hydrogens (tertiary/aromatic N) is 3. The molecule has 5 heteroatoms. The Labute approximate surface area is 110 Å². The van der Waals surface area contributed by atoms with Crippen LogP contribution in [0.1, 0.15) is 23.7 Å². The van der Waals surface area contributed by atoms with E-state index in [9.17, 15) is 0 Å². The van der Waals surface area contributed by atoms with E-state index in [1.54, 1.807) is 11.8 Å². The molecular weight excluding hydrogens is 246 g/mol. The number of thioether (sulfide) groups is 1. The summed E-state index contributed by atoms with van der Waals surface area (Å²) in [5, 5.41) is 12.4. The molecule has 0 unspecified atom stereocenters. The topological polar surface area (TPSA) is 62.7 Å². The normalized spacial score (nSPS) is 10.2. The molecule has 2 aromatic rings. The van der Waals surface area contributed by atoms with Crippen LogP contribution in [-0.4, -0.2) is 10.1 Å². The van der Waals surface area contributed by atoms with Crippen LogP contribution in [0.25, 0.3) is 0 Å². The average molecular weight is 259 g/mol. The van der Waals surface area contributed by atoms with Gasteiger partial charge in [-0.2, -0.15) is 10.2 Å². The van der Waals surface area contributed by atoms with E-state index in [1.807, 2.05) is 12.1 Å². The van der Waals surface area contributed by atoms with E-state index in [4.69, 9.17) is 9.78 Å². The Balaban J connectivity index is 1.93. The molecule has 0 radical (unpaired) electrons. The molecule has 0 saturated carbocycles. The van der Waals surface area contributed by atoms with E-state index in [0.717, 1.165) is 0 Å². The fraction of sp³-hybridized carbons (Fsp3) is 0.308. The summed E-state index contributed by atoms with van der Waals surface area (Å²) in [6, 6.07) is 10.3. The number of nitriles is 1. The Kier molecular flexibility index (Phi) is 4.37. The number of rotatable bonds is 5.